The largest absolute Gasteiger partial charge is 0.465 e. The van der Waals surface area contributed by atoms with Crippen LogP contribution in [0.3, 0.4) is 0 Å². The minimum Gasteiger partial charge on any atom is -0.465 e. The summed E-state index contributed by atoms with van der Waals surface area (Å²) in [6, 6.07) is 0. The summed E-state index contributed by atoms with van der Waals surface area (Å²) in [4.78, 5) is 36.7. The van der Waals surface area contributed by atoms with Crippen LogP contribution in [0, 0.1) is 22.2 Å². The Labute approximate surface area is 174 Å². The molecule has 168 valence electrons. The number of hydrogen-bond donors (Lipinski definition) is 0. The lowest BCUT2D eigenvalue weighted by atomic mass is 9.95. The summed E-state index contributed by atoms with van der Waals surface area (Å²) < 4.78 is 22.5. The first-order valence-electron chi connectivity index (χ1n) is 10.2. The maximum absolute atomic E-state index is 12.4. The van der Waals surface area contributed by atoms with E-state index < -0.39 is 40.6 Å². The second kappa shape index (κ2) is 9.02. The van der Waals surface area contributed by atoms with Gasteiger partial charge in [0.05, 0.1) is 29.0 Å². The summed E-state index contributed by atoms with van der Waals surface area (Å²) in [7, 11) is 0. The molecule has 1 saturated heterocycles. The number of ether oxygens (including phenoxy) is 4. The Hall–Kier alpha value is -1.63. The molecule has 7 heteroatoms. The number of carbonyl (C=O) groups excluding carboxylic acids is 3. The fourth-order valence-corrected chi connectivity index (χ4v) is 2.49. The Bertz CT molecular complexity index is 604. The normalized spacial score (nSPS) is 25.4. The zero-order valence-electron chi connectivity index (χ0n) is 19.6. The molecule has 0 bridgehead atoms. The summed E-state index contributed by atoms with van der Waals surface area (Å²) in [5, 5.41) is 0. The number of hydrogen-bond acceptors (Lipinski definition) is 7. The Balaban J connectivity index is 2.87. The highest BCUT2D eigenvalue weighted by molar-refractivity contribution is 5.76. The monoisotopic (exact) mass is 414 g/mol. The van der Waals surface area contributed by atoms with Gasteiger partial charge in [-0.1, -0.05) is 6.92 Å². The third-order valence-corrected chi connectivity index (χ3v) is 4.62. The lowest BCUT2D eigenvalue weighted by Gasteiger charge is -2.27. The summed E-state index contributed by atoms with van der Waals surface area (Å²) in [5.74, 6) is -1.36. The Kier molecular flexibility index (Phi) is 7.91. The molecular formula is C22H38O7. The van der Waals surface area contributed by atoms with Crippen molar-refractivity contribution in [2.75, 3.05) is 6.61 Å². The Morgan fingerprint density at radius 3 is 1.66 bits per heavy atom. The fourth-order valence-electron chi connectivity index (χ4n) is 2.49. The van der Waals surface area contributed by atoms with Gasteiger partial charge in [0.1, 0.15) is 0 Å². The number of rotatable bonds is 5. The van der Waals surface area contributed by atoms with Crippen molar-refractivity contribution in [1.29, 1.82) is 0 Å². The molecule has 4 atom stereocenters. The molecule has 0 aliphatic carbocycles. The van der Waals surface area contributed by atoms with Crippen LogP contribution in [0.2, 0.25) is 0 Å². The van der Waals surface area contributed by atoms with Crippen molar-refractivity contribution >= 4 is 17.9 Å². The SMILES string of the molecule is C[C@@H]1[C@@H](OC(=O)C(C)(C)C)[C@H](OC(=O)C(C)(C)C)O[C@H]1CCOC(=O)C(C)(C)C. The van der Waals surface area contributed by atoms with Gasteiger partial charge in [-0.25, -0.2) is 0 Å². The first kappa shape index (κ1) is 25.4. The van der Waals surface area contributed by atoms with Gasteiger partial charge in [-0.3, -0.25) is 14.4 Å². The van der Waals surface area contributed by atoms with Crippen LogP contribution < -0.4 is 0 Å². The molecule has 1 rings (SSSR count). The molecule has 0 unspecified atom stereocenters. The molecule has 1 aliphatic heterocycles. The molecule has 1 aliphatic rings. The summed E-state index contributed by atoms with van der Waals surface area (Å²) in [5.41, 5.74) is -2.00. The van der Waals surface area contributed by atoms with Gasteiger partial charge in [0.15, 0.2) is 6.10 Å². The third kappa shape index (κ3) is 7.28. The van der Waals surface area contributed by atoms with Crippen molar-refractivity contribution in [3.8, 4) is 0 Å². The van der Waals surface area contributed by atoms with E-state index in [9.17, 15) is 14.4 Å². The standard InChI is InChI=1S/C22H38O7/c1-13-14(11-12-26-17(23)20(2,3)4)27-16(29-19(25)22(8,9)10)15(13)28-18(24)21(5,6)7/h13-16H,11-12H2,1-10H3/t13-,14-,15+,16-/m0/s1. The zero-order valence-corrected chi connectivity index (χ0v) is 19.6. The third-order valence-electron chi connectivity index (χ3n) is 4.62. The summed E-state index contributed by atoms with van der Waals surface area (Å²) in [6.45, 7) is 17.9. The number of carbonyl (C=O) groups is 3. The molecule has 0 saturated carbocycles. The van der Waals surface area contributed by atoms with E-state index in [1.54, 1.807) is 62.3 Å². The minimum atomic E-state index is -0.994. The smallest absolute Gasteiger partial charge is 0.313 e. The van der Waals surface area contributed by atoms with Crippen molar-refractivity contribution in [3.63, 3.8) is 0 Å². The maximum Gasteiger partial charge on any atom is 0.313 e. The van der Waals surface area contributed by atoms with Gasteiger partial charge < -0.3 is 18.9 Å². The van der Waals surface area contributed by atoms with E-state index in [0.29, 0.717) is 6.42 Å². The van der Waals surface area contributed by atoms with E-state index in [4.69, 9.17) is 18.9 Å². The van der Waals surface area contributed by atoms with Gasteiger partial charge in [-0.2, -0.15) is 0 Å². The average Bonchev–Trinajstić information content (AvgIpc) is 2.81. The molecule has 0 aromatic carbocycles. The first-order chi connectivity index (χ1) is 12.9. The average molecular weight is 415 g/mol. The van der Waals surface area contributed by atoms with Crippen molar-refractivity contribution < 1.29 is 33.3 Å². The summed E-state index contributed by atoms with van der Waals surface area (Å²) in [6.07, 6.45) is -1.68. The highest BCUT2D eigenvalue weighted by atomic mass is 16.7. The van der Waals surface area contributed by atoms with Crippen LogP contribution in [-0.2, 0) is 33.3 Å². The van der Waals surface area contributed by atoms with Crippen molar-refractivity contribution in [2.45, 2.75) is 94.2 Å². The predicted molar refractivity (Wildman–Crippen MR) is 108 cm³/mol. The molecule has 0 radical (unpaired) electrons. The van der Waals surface area contributed by atoms with E-state index in [1.165, 1.54) is 0 Å². The predicted octanol–water partition coefficient (Wildman–Crippen LogP) is 3.87. The molecule has 0 spiro atoms. The molecule has 0 N–H and O–H groups in total. The highest BCUT2D eigenvalue weighted by Crippen LogP contribution is 2.35. The van der Waals surface area contributed by atoms with Crippen LogP contribution in [0.25, 0.3) is 0 Å². The maximum atomic E-state index is 12.4. The molecule has 7 nitrogen and oxygen atoms in total. The van der Waals surface area contributed by atoms with Gasteiger partial charge in [-0.05, 0) is 62.3 Å². The molecule has 0 aromatic heterocycles. The highest BCUT2D eigenvalue weighted by Gasteiger charge is 2.48. The van der Waals surface area contributed by atoms with Crippen molar-refractivity contribution in [3.05, 3.63) is 0 Å². The quantitative estimate of drug-likeness (QED) is 0.498. The molecule has 0 aromatic rings. The Morgan fingerprint density at radius 1 is 0.759 bits per heavy atom. The van der Waals surface area contributed by atoms with Crippen LogP contribution in [0.5, 0.6) is 0 Å². The van der Waals surface area contributed by atoms with Gasteiger partial charge in [0.2, 0.25) is 6.29 Å². The second-order valence-corrected chi connectivity index (χ2v) is 10.9. The fraction of sp³-hybridized carbons (Fsp3) is 0.864. The summed E-state index contributed by atoms with van der Waals surface area (Å²) >= 11 is 0. The van der Waals surface area contributed by atoms with Gasteiger partial charge in [0, 0.05) is 12.3 Å². The van der Waals surface area contributed by atoms with Crippen LogP contribution in [0.4, 0.5) is 0 Å². The van der Waals surface area contributed by atoms with Crippen molar-refractivity contribution in [1.82, 2.24) is 0 Å². The van der Waals surface area contributed by atoms with E-state index in [2.05, 4.69) is 0 Å². The molecule has 1 fully saturated rings. The van der Waals surface area contributed by atoms with Crippen LogP contribution >= 0.6 is 0 Å². The van der Waals surface area contributed by atoms with Crippen LogP contribution in [0.15, 0.2) is 0 Å². The van der Waals surface area contributed by atoms with Crippen LogP contribution in [0.1, 0.15) is 75.7 Å². The van der Waals surface area contributed by atoms with E-state index in [-0.39, 0.29) is 24.6 Å². The zero-order chi connectivity index (χ0) is 22.8. The van der Waals surface area contributed by atoms with Gasteiger partial charge in [0.25, 0.3) is 0 Å². The lowest BCUT2D eigenvalue weighted by Crippen LogP contribution is -2.39. The molecule has 1 heterocycles. The van der Waals surface area contributed by atoms with Gasteiger partial charge in [-0.15, -0.1) is 0 Å². The van der Waals surface area contributed by atoms with Gasteiger partial charge >= 0.3 is 17.9 Å². The van der Waals surface area contributed by atoms with E-state index in [0.717, 1.165) is 0 Å². The topological polar surface area (TPSA) is 88.1 Å². The van der Waals surface area contributed by atoms with E-state index in [1.807, 2.05) is 6.92 Å². The molecular weight excluding hydrogens is 376 g/mol. The number of esters is 3. The molecule has 29 heavy (non-hydrogen) atoms. The second-order valence-electron chi connectivity index (χ2n) is 10.9. The van der Waals surface area contributed by atoms with E-state index >= 15 is 0 Å². The Morgan fingerprint density at radius 2 is 1.21 bits per heavy atom. The first-order valence-corrected chi connectivity index (χ1v) is 10.2. The van der Waals surface area contributed by atoms with Crippen molar-refractivity contribution in [2.24, 2.45) is 22.2 Å². The minimum absolute atomic E-state index is 0.172. The lowest BCUT2D eigenvalue weighted by molar-refractivity contribution is -0.206. The van der Waals surface area contributed by atoms with Crippen LogP contribution in [-0.4, -0.2) is 43.0 Å². The molecule has 0 amide bonds.